The number of nitrogens with zero attached hydrogens (tertiary/aromatic N) is 1. The average Bonchev–Trinajstić information content (AvgIpc) is 3.04. The summed E-state index contributed by atoms with van der Waals surface area (Å²) in [7, 11) is 1.49. The fraction of sp³-hybridized carbons (Fsp3) is 0.500. The van der Waals surface area contributed by atoms with Crippen molar-refractivity contribution in [3.05, 3.63) is 29.8 Å². The predicted molar refractivity (Wildman–Crippen MR) is 66.0 cm³/mol. The van der Waals surface area contributed by atoms with Gasteiger partial charge in [-0.2, -0.15) is 0 Å². The molecule has 3 nitrogen and oxygen atoms in total. The van der Waals surface area contributed by atoms with Crippen LogP contribution in [0.1, 0.15) is 18.4 Å². The number of hydrogen-bond acceptors (Lipinski definition) is 3. The number of anilines is 1. The fourth-order valence-electron chi connectivity index (χ4n) is 2.73. The molecule has 17 heavy (non-hydrogen) atoms. The Morgan fingerprint density at radius 1 is 1.41 bits per heavy atom. The molecule has 0 atom stereocenters. The Balaban J connectivity index is 1.78. The van der Waals surface area contributed by atoms with Gasteiger partial charge in [-0.3, -0.25) is 4.79 Å². The van der Waals surface area contributed by atoms with Crippen LogP contribution in [0.3, 0.4) is 0 Å². The summed E-state index contributed by atoms with van der Waals surface area (Å²) in [6.07, 6.45) is 3.03. The van der Waals surface area contributed by atoms with E-state index >= 15 is 0 Å². The highest BCUT2D eigenvalue weighted by Crippen LogP contribution is 2.48. The maximum atomic E-state index is 11.7. The standard InChI is InChI=1S/C14H17NO2/c1-17-13(16)14(7-8-14)10-15-9-6-11-4-2-3-5-12(11)15/h2-5H,6-10H2,1H3. The number of fused-ring (bicyclic) bond motifs is 1. The topological polar surface area (TPSA) is 29.5 Å². The molecule has 0 bridgehead atoms. The van der Waals surface area contributed by atoms with E-state index in [1.807, 2.05) is 0 Å². The van der Waals surface area contributed by atoms with E-state index in [4.69, 9.17) is 4.74 Å². The summed E-state index contributed by atoms with van der Waals surface area (Å²) in [5, 5.41) is 0. The second-order valence-corrected chi connectivity index (χ2v) is 5.07. The molecule has 1 aromatic rings. The van der Waals surface area contributed by atoms with E-state index in [0.29, 0.717) is 0 Å². The first-order valence-corrected chi connectivity index (χ1v) is 6.16. The molecule has 3 rings (SSSR count). The lowest BCUT2D eigenvalue weighted by molar-refractivity contribution is -0.146. The number of methoxy groups -OCH3 is 1. The smallest absolute Gasteiger partial charge is 0.313 e. The Morgan fingerprint density at radius 3 is 2.88 bits per heavy atom. The van der Waals surface area contributed by atoms with Crippen LogP contribution in [0.2, 0.25) is 0 Å². The second kappa shape index (κ2) is 3.76. The Morgan fingerprint density at radius 2 is 2.18 bits per heavy atom. The summed E-state index contributed by atoms with van der Waals surface area (Å²) >= 11 is 0. The number of carbonyl (C=O) groups is 1. The van der Waals surface area contributed by atoms with Crippen molar-refractivity contribution < 1.29 is 9.53 Å². The molecule has 1 saturated carbocycles. The number of rotatable bonds is 3. The molecule has 1 aliphatic heterocycles. The molecule has 0 amide bonds. The average molecular weight is 231 g/mol. The minimum atomic E-state index is -0.216. The van der Waals surface area contributed by atoms with Gasteiger partial charge in [-0.05, 0) is 30.9 Å². The van der Waals surface area contributed by atoms with Crippen LogP contribution >= 0.6 is 0 Å². The van der Waals surface area contributed by atoms with Crippen LogP contribution in [0.5, 0.6) is 0 Å². The van der Waals surface area contributed by atoms with Gasteiger partial charge in [0, 0.05) is 18.8 Å². The number of para-hydroxylation sites is 1. The van der Waals surface area contributed by atoms with Gasteiger partial charge in [0.2, 0.25) is 0 Å². The van der Waals surface area contributed by atoms with Crippen LogP contribution in [0.15, 0.2) is 24.3 Å². The molecule has 0 radical (unpaired) electrons. The second-order valence-electron chi connectivity index (χ2n) is 5.07. The van der Waals surface area contributed by atoms with Gasteiger partial charge >= 0.3 is 5.97 Å². The van der Waals surface area contributed by atoms with E-state index in [1.54, 1.807) is 0 Å². The Labute approximate surface area is 101 Å². The van der Waals surface area contributed by atoms with Crippen molar-refractivity contribution >= 4 is 11.7 Å². The van der Waals surface area contributed by atoms with E-state index in [0.717, 1.165) is 32.4 Å². The molecular formula is C14H17NO2. The normalized spacial score (nSPS) is 19.9. The lowest BCUT2D eigenvalue weighted by Gasteiger charge is -2.24. The number of ether oxygens (including phenoxy) is 1. The van der Waals surface area contributed by atoms with E-state index in [9.17, 15) is 4.79 Å². The van der Waals surface area contributed by atoms with Gasteiger partial charge in [-0.25, -0.2) is 0 Å². The summed E-state index contributed by atoms with van der Waals surface area (Å²) in [6, 6.07) is 8.47. The molecule has 0 aromatic heterocycles. The van der Waals surface area contributed by atoms with Crippen molar-refractivity contribution in [3.8, 4) is 0 Å². The molecule has 1 aromatic carbocycles. The van der Waals surface area contributed by atoms with Crippen molar-refractivity contribution in [2.24, 2.45) is 5.41 Å². The van der Waals surface area contributed by atoms with Crippen LogP contribution in [0, 0.1) is 5.41 Å². The predicted octanol–water partition coefficient (Wildman–Crippen LogP) is 2.00. The molecule has 1 aliphatic carbocycles. The van der Waals surface area contributed by atoms with Crippen LogP contribution in [-0.4, -0.2) is 26.2 Å². The van der Waals surface area contributed by atoms with E-state index in [-0.39, 0.29) is 11.4 Å². The molecule has 0 saturated heterocycles. The van der Waals surface area contributed by atoms with E-state index in [2.05, 4.69) is 29.2 Å². The highest BCUT2D eigenvalue weighted by Gasteiger charge is 2.52. The summed E-state index contributed by atoms with van der Waals surface area (Å²) < 4.78 is 4.91. The van der Waals surface area contributed by atoms with E-state index in [1.165, 1.54) is 18.4 Å². The fourth-order valence-corrected chi connectivity index (χ4v) is 2.73. The zero-order chi connectivity index (χ0) is 11.9. The lowest BCUT2D eigenvalue weighted by Crippen LogP contribution is -2.34. The Bertz CT molecular complexity index is 451. The van der Waals surface area contributed by atoms with Crippen LogP contribution in [-0.2, 0) is 16.0 Å². The van der Waals surface area contributed by atoms with Gasteiger partial charge in [0.25, 0.3) is 0 Å². The Kier molecular flexibility index (Phi) is 2.35. The molecule has 0 spiro atoms. The highest BCUT2D eigenvalue weighted by atomic mass is 16.5. The van der Waals surface area contributed by atoms with Gasteiger partial charge in [0.1, 0.15) is 0 Å². The molecule has 3 heteroatoms. The maximum absolute atomic E-state index is 11.7. The summed E-state index contributed by atoms with van der Waals surface area (Å²) in [6.45, 7) is 1.84. The molecule has 0 N–H and O–H groups in total. The third-order valence-electron chi connectivity index (χ3n) is 3.95. The third kappa shape index (κ3) is 1.70. The van der Waals surface area contributed by atoms with Gasteiger partial charge < -0.3 is 9.64 Å². The minimum absolute atomic E-state index is 0.0399. The summed E-state index contributed by atoms with van der Waals surface area (Å²) in [4.78, 5) is 14.1. The highest BCUT2D eigenvalue weighted by molar-refractivity contribution is 5.81. The van der Waals surface area contributed by atoms with Crippen molar-refractivity contribution in [2.45, 2.75) is 19.3 Å². The van der Waals surface area contributed by atoms with Crippen LogP contribution < -0.4 is 4.90 Å². The first-order chi connectivity index (χ1) is 8.25. The number of esters is 1. The zero-order valence-corrected chi connectivity index (χ0v) is 10.1. The molecule has 90 valence electrons. The first-order valence-electron chi connectivity index (χ1n) is 6.16. The zero-order valence-electron chi connectivity index (χ0n) is 10.1. The van der Waals surface area contributed by atoms with Crippen molar-refractivity contribution in [1.29, 1.82) is 0 Å². The molecule has 1 heterocycles. The molecular weight excluding hydrogens is 214 g/mol. The number of hydrogen-bond donors (Lipinski definition) is 0. The van der Waals surface area contributed by atoms with Crippen LogP contribution in [0.25, 0.3) is 0 Å². The summed E-state index contributed by atoms with van der Waals surface area (Å²) in [5.74, 6) is -0.0399. The molecule has 1 fully saturated rings. The number of benzene rings is 1. The molecule has 2 aliphatic rings. The monoisotopic (exact) mass is 231 g/mol. The van der Waals surface area contributed by atoms with Crippen molar-refractivity contribution in [1.82, 2.24) is 0 Å². The SMILES string of the molecule is COC(=O)C1(CN2CCc3ccccc32)CC1. The van der Waals surface area contributed by atoms with Gasteiger partial charge in [0.15, 0.2) is 0 Å². The summed E-state index contributed by atoms with van der Waals surface area (Å²) in [5.41, 5.74) is 2.47. The quantitative estimate of drug-likeness (QED) is 0.745. The maximum Gasteiger partial charge on any atom is 0.313 e. The van der Waals surface area contributed by atoms with Crippen LogP contribution in [0.4, 0.5) is 5.69 Å². The number of carbonyl (C=O) groups excluding carboxylic acids is 1. The first kappa shape index (κ1) is 10.6. The van der Waals surface area contributed by atoms with Gasteiger partial charge in [-0.1, -0.05) is 18.2 Å². The van der Waals surface area contributed by atoms with E-state index < -0.39 is 0 Å². The van der Waals surface area contributed by atoms with Gasteiger partial charge in [0.05, 0.1) is 12.5 Å². The lowest BCUT2D eigenvalue weighted by atomic mass is 10.1. The van der Waals surface area contributed by atoms with Crippen molar-refractivity contribution in [3.63, 3.8) is 0 Å². The minimum Gasteiger partial charge on any atom is -0.469 e. The van der Waals surface area contributed by atoms with Gasteiger partial charge in [-0.15, -0.1) is 0 Å². The molecule has 0 unspecified atom stereocenters. The van der Waals surface area contributed by atoms with Crippen molar-refractivity contribution in [2.75, 3.05) is 25.1 Å². The largest absolute Gasteiger partial charge is 0.469 e. The third-order valence-corrected chi connectivity index (χ3v) is 3.95. The Hall–Kier alpha value is -1.51.